The first-order valence-corrected chi connectivity index (χ1v) is 3.49. The SMILES string of the molecule is COC(=O)c1ccc(C=O)nc1N. The molecule has 0 bridgehead atoms. The molecule has 0 amide bonds. The van der Waals surface area contributed by atoms with E-state index in [1.165, 1.54) is 19.2 Å². The van der Waals surface area contributed by atoms with Gasteiger partial charge in [0.2, 0.25) is 0 Å². The van der Waals surface area contributed by atoms with Crippen molar-refractivity contribution in [1.29, 1.82) is 0 Å². The van der Waals surface area contributed by atoms with Crippen LogP contribution in [-0.2, 0) is 4.74 Å². The van der Waals surface area contributed by atoms with Crippen LogP contribution < -0.4 is 5.73 Å². The summed E-state index contributed by atoms with van der Waals surface area (Å²) in [4.78, 5) is 24.9. The number of carbonyl (C=O) groups excluding carboxylic acids is 2. The fraction of sp³-hybridized carbons (Fsp3) is 0.125. The Morgan fingerprint density at radius 1 is 1.62 bits per heavy atom. The minimum absolute atomic E-state index is 0.00329. The highest BCUT2D eigenvalue weighted by atomic mass is 16.5. The number of aldehydes is 1. The number of ether oxygens (including phenoxy) is 1. The van der Waals surface area contributed by atoms with Crippen molar-refractivity contribution in [1.82, 2.24) is 4.98 Å². The average Bonchev–Trinajstić information content (AvgIpc) is 2.16. The molecule has 5 nitrogen and oxygen atoms in total. The van der Waals surface area contributed by atoms with Gasteiger partial charge in [0.15, 0.2) is 6.29 Å². The second-order valence-corrected chi connectivity index (χ2v) is 2.28. The summed E-state index contributed by atoms with van der Waals surface area (Å²) in [5.74, 6) is -0.570. The molecular weight excluding hydrogens is 172 g/mol. The van der Waals surface area contributed by atoms with E-state index in [1.54, 1.807) is 0 Å². The molecule has 0 aliphatic heterocycles. The van der Waals surface area contributed by atoms with Gasteiger partial charge in [-0.25, -0.2) is 9.78 Å². The van der Waals surface area contributed by atoms with E-state index >= 15 is 0 Å². The second kappa shape index (κ2) is 3.66. The number of hydrogen-bond acceptors (Lipinski definition) is 5. The van der Waals surface area contributed by atoms with Gasteiger partial charge in [-0.05, 0) is 12.1 Å². The molecule has 68 valence electrons. The molecule has 0 aromatic carbocycles. The first-order chi connectivity index (χ1) is 6.19. The first kappa shape index (κ1) is 9.18. The lowest BCUT2D eigenvalue weighted by Gasteiger charge is -2.01. The van der Waals surface area contributed by atoms with Crippen LogP contribution >= 0.6 is 0 Å². The highest BCUT2D eigenvalue weighted by molar-refractivity contribution is 5.94. The molecule has 13 heavy (non-hydrogen) atoms. The summed E-state index contributed by atoms with van der Waals surface area (Å²) in [7, 11) is 1.25. The number of methoxy groups -OCH3 is 1. The van der Waals surface area contributed by atoms with E-state index in [1.807, 2.05) is 0 Å². The molecule has 1 aromatic rings. The van der Waals surface area contributed by atoms with Gasteiger partial charge in [-0.15, -0.1) is 0 Å². The molecule has 1 rings (SSSR count). The molecule has 1 heterocycles. The molecule has 1 aromatic heterocycles. The van der Waals surface area contributed by atoms with Crippen molar-refractivity contribution in [3.8, 4) is 0 Å². The Balaban J connectivity index is 3.12. The van der Waals surface area contributed by atoms with Crippen molar-refractivity contribution in [2.45, 2.75) is 0 Å². The van der Waals surface area contributed by atoms with E-state index in [-0.39, 0.29) is 17.1 Å². The minimum Gasteiger partial charge on any atom is -0.465 e. The third kappa shape index (κ3) is 1.81. The summed E-state index contributed by atoms with van der Waals surface area (Å²) in [6.45, 7) is 0. The van der Waals surface area contributed by atoms with Crippen LogP contribution in [0, 0.1) is 0 Å². The van der Waals surface area contributed by atoms with Gasteiger partial charge in [0, 0.05) is 0 Å². The number of carbonyl (C=O) groups is 2. The van der Waals surface area contributed by atoms with Crippen LogP contribution in [0.4, 0.5) is 5.82 Å². The van der Waals surface area contributed by atoms with Crippen molar-refractivity contribution in [2.24, 2.45) is 0 Å². The van der Waals surface area contributed by atoms with E-state index in [9.17, 15) is 9.59 Å². The van der Waals surface area contributed by atoms with Gasteiger partial charge in [-0.1, -0.05) is 0 Å². The maximum atomic E-state index is 11.0. The van der Waals surface area contributed by atoms with E-state index in [4.69, 9.17) is 5.73 Å². The highest BCUT2D eigenvalue weighted by Gasteiger charge is 2.10. The summed E-state index contributed by atoms with van der Waals surface area (Å²) in [5, 5.41) is 0. The number of aromatic nitrogens is 1. The van der Waals surface area contributed by atoms with Gasteiger partial charge in [-0.3, -0.25) is 4.79 Å². The zero-order chi connectivity index (χ0) is 9.84. The van der Waals surface area contributed by atoms with Crippen molar-refractivity contribution < 1.29 is 14.3 Å². The Kier molecular flexibility index (Phi) is 2.59. The summed E-state index contributed by atoms with van der Waals surface area (Å²) in [5.41, 5.74) is 5.75. The first-order valence-electron chi connectivity index (χ1n) is 3.49. The summed E-state index contributed by atoms with van der Waals surface area (Å²) >= 11 is 0. The van der Waals surface area contributed by atoms with E-state index < -0.39 is 5.97 Å². The number of nitrogen functional groups attached to an aromatic ring is 1. The zero-order valence-electron chi connectivity index (χ0n) is 6.98. The average molecular weight is 180 g/mol. The lowest BCUT2D eigenvalue weighted by molar-refractivity contribution is 0.0601. The molecule has 0 saturated carbocycles. The van der Waals surface area contributed by atoms with E-state index in [2.05, 4.69) is 9.72 Å². The van der Waals surface area contributed by atoms with Crippen LogP contribution in [0.15, 0.2) is 12.1 Å². The number of nitrogens with two attached hydrogens (primary N) is 1. The zero-order valence-corrected chi connectivity index (χ0v) is 6.98. The predicted octanol–water partition coefficient (Wildman–Crippen LogP) is 0.263. The van der Waals surface area contributed by atoms with Crippen molar-refractivity contribution in [3.05, 3.63) is 23.4 Å². The van der Waals surface area contributed by atoms with Crippen molar-refractivity contribution in [2.75, 3.05) is 12.8 Å². The van der Waals surface area contributed by atoms with Crippen molar-refractivity contribution in [3.63, 3.8) is 0 Å². The maximum absolute atomic E-state index is 11.0. The molecule has 0 saturated heterocycles. The number of hydrogen-bond donors (Lipinski definition) is 1. The van der Waals surface area contributed by atoms with Gasteiger partial charge in [0.25, 0.3) is 0 Å². The minimum atomic E-state index is -0.567. The smallest absolute Gasteiger partial charge is 0.341 e. The van der Waals surface area contributed by atoms with E-state index in [0.29, 0.717) is 6.29 Å². The second-order valence-electron chi connectivity index (χ2n) is 2.28. The third-order valence-corrected chi connectivity index (χ3v) is 1.47. The molecule has 5 heteroatoms. The topological polar surface area (TPSA) is 82.3 Å². The van der Waals surface area contributed by atoms with E-state index in [0.717, 1.165) is 0 Å². The highest BCUT2D eigenvalue weighted by Crippen LogP contribution is 2.09. The molecule has 0 unspecified atom stereocenters. The summed E-state index contributed by atoms with van der Waals surface area (Å²) < 4.78 is 4.44. The van der Waals surface area contributed by atoms with Gasteiger partial charge in [0.05, 0.1) is 7.11 Å². The Labute approximate surface area is 74.5 Å². The third-order valence-electron chi connectivity index (χ3n) is 1.47. The standard InChI is InChI=1S/C8H8N2O3/c1-13-8(12)6-3-2-5(4-11)10-7(6)9/h2-4H,1H3,(H2,9,10). The summed E-state index contributed by atoms with van der Waals surface area (Å²) in [6.07, 6.45) is 0.553. The van der Waals surface area contributed by atoms with Gasteiger partial charge in [0.1, 0.15) is 17.1 Å². The van der Waals surface area contributed by atoms with Gasteiger partial charge >= 0.3 is 5.97 Å². The normalized spacial score (nSPS) is 9.31. The molecule has 0 spiro atoms. The van der Waals surface area contributed by atoms with Gasteiger partial charge in [-0.2, -0.15) is 0 Å². The Morgan fingerprint density at radius 3 is 2.77 bits per heavy atom. The number of anilines is 1. The van der Waals surface area contributed by atoms with Crippen LogP contribution in [-0.4, -0.2) is 24.3 Å². The molecular formula is C8H8N2O3. The lowest BCUT2D eigenvalue weighted by Crippen LogP contribution is -2.08. The molecule has 0 aliphatic rings. The fourth-order valence-electron chi connectivity index (χ4n) is 0.839. The predicted molar refractivity (Wildman–Crippen MR) is 45.4 cm³/mol. The number of nitrogens with zero attached hydrogens (tertiary/aromatic N) is 1. The number of rotatable bonds is 2. The van der Waals surface area contributed by atoms with Crippen LogP contribution in [0.5, 0.6) is 0 Å². The number of esters is 1. The molecule has 0 radical (unpaired) electrons. The monoisotopic (exact) mass is 180 g/mol. The maximum Gasteiger partial charge on any atom is 0.341 e. The van der Waals surface area contributed by atoms with Gasteiger partial charge < -0.3 is 10.5 Å². The Hall–Kier alpha value is -1.91. The molecule has 0 atom stereocenters. The quantitative estimate of drug-likeness (QED) is 0.521. The van der Waals surface area contributed by atoms with Crippen LogP contribution in [0.2, 0.25) is 0 Å². The van der Waals surface area contributed by atoms with Crippen LogP contribution in [0.1, 0.15) is 20.8 Å². The van der Waals surface area contributed by atoms with Crippen LogP contribution in [0.25, 0.3) is 0 Å². The molecule has 0 aliphatic carbocycles. The lowest BCUT2D eigenvalue weighted by atomic mass is 10.2. The van der Waals surface area contributed by atoms with Crippen LogP contribution in [0.3, 0.4) is 0 Å². The molecule has 2 N–H and O–H groups in total. The largest absolute Gasteiger partial charge is 0.465 e. The Morgan fingerprint density at radius 2 is 2.31 bits per heavy atom. The fourth-order valence-corrected chi connectivity index (χ4v) is 0.839. The summed E-state index contributed by atoms with van der Waals surface area (Å²) in [6, 6.07) is 2.80. The number of pyridine rings is 1. The molecule has 0 fully saturated rings. The Bertz CT molecular complexity index is 349. The van der Waals surface area contributed by atoms with Crippen molar-refractivity contribution >= 4 is 18.1 Å².